The number of amides is 1. The predicted octanol–water partition coefficient (Wildman–Crippen LogP) is 2.49. The summed E-state index contributed by atoms with van der Waals surface area (Å²) in [6, 6.07) is 13.5. The number of nitrogens with zero attached hydrogens (tertiary/aromatic N) is 2. The molecule has 24 heavy (non-hydrogen) atoms. The maximum atomic E-state index is 11.9. The van der Waals surface area contributed by atoms with Crippen LogP contribution >= 0.6 is 0 Å². The molecule has 5 nitrogen and oxygen atoms in total. The SMILES string of the molecule is O=C(COc1ccccc1)NCC1CCN(c2ccncc2)CC1. The summed E-state index contributed by atoms with van der Waals surface area (Å²) in [6.45, 7) is 2.83. The third-order valence-electron chi connectivity index (χ3n) is 4.34. The van der Waals surface area contributed by atoms with E-state index in [9.17, 15) is 4.79 Å². The fourth-order valence-corrected chi connectivity index (χ4v) is 2.92. The van der Waals surface area contributed by atoms with E-state index in [2.05, 4.69) is 15.2 Å². The lowest BCUT2D eigenvalue weighted by Crippen LogP contribution is -2.39. The van der Waals surface area contributed by atoms with E-state index in [0.29, 0.717) is 5.92 Å². The van der Waals surface area contributed by atoms with Crippen LogP contribution in [0.25, 0.3) is 0 Å². The Labute approximate surface area is 142 Å². The second-order valence-electron chi connectivity index (χ2n) is 6.04. The summed E-state index contributed by atoms with van der Waals surface area (Å²) in [5.41, 5.74) is 1.23. The Morgan fingerprint density at radius 1 is 1.12 bits per heavy atom. The van der Waals surface area contributed by atoms with Crippen molar-refractivity contribution in [1.82, 2.24) is 10.3 Å². The van der Waals surface area contributed by atoms with Crippen molar-refractivity contribution < 1.29 is 9.53 Å². The molecule has 1 aliphatic rings. The highest BCUT2D eigenvalue weighted by Gasteiger charge is 2.19. The Balaban J connectivity index is 1.35. The van der Waals surface area contributed by atoms with Crippen LogP contribution in [-0.2, 0) is 4.79 Å². The van der Waals surface area contributed by atoms with Gasteiger partial charge < -0.3 is 15.0 Å². The Morgan fingerprint density at radius 3 is 2.54 bits per heavy atom. The zero-order valence-corrected chi connectivity index (χ0v) is 13.7. The van der Waals surface area contributed by atoms with Gasteiger partial charge in [-0.05, 0) is 43.0 Å². The van der Waals surface area contributed by atoms with Gasteiger partial charge in [0.05, 0.1) is 0 Å². The normalized spacial score (nSPS) is 15.1. The van der Waals surface area contributed by atoms with Gasteiger partial charge >= 0.3 is 0 Å². The van der Waals surface area contributed by atoms with E-state index in [1.807, 2.05) is 54.9 Å². The van der Waals surface area contributed by atoms with E-state index in [-0.39, 0.29) is 12.5 Å². The van der Waals surface area contributed by atoms with Crippen molar-refractivity contribution >= 4 is 11.6 Å². The molecule has 0 saturated carbocycles. The second-order valence-corrected chi connectivity index (χ2v) is 6.04. The van der Waals surface area contributed by atoms with Crippen molar-refractivity contribution in [3.8, 4) is 5.75 Å². The fraction of sp³-hybridized carbons (Fsp3) is 0.368. The van der Waals surface area contributed by atoms with Gasteiger partial charge in [-0.25, -0.2) is 0 Å². The molecule has 2 heterocycles. The summed E-state index contributed by atoms with van der Waals surface area (Å²) in [5.74, 6) is 1.19. The number of benzene rings is 1. The van der Waals surface area contributed by atoms with Crippen LogP contribution in [0.2, 0.25) is 0 Å². The van der Waals surface area contributed by atoms with Crippen LogP contribution in [0.4, 0.5) is 5.69 Å². The summed E-state index contributed by atoms with van der Waals surface area (Å²) in [7, 11) is 0. The third-order valence-corrected chi connectivity index (χ3v) is 4.34. The molecule has 3 rings (SSSR count). The van der Waals surface area contributed by atoms with E-state index in [4.69, 9.17) is 4.74 Å². The van der Waals surface area contributed by atoms with E-state index in [1.165, 1.54) is 5.69 Å². The summed E-state index contributed by atoms with van der Waals surface area (Å²) in [5, 5.41) is 2.98. The average molecular weight is 325 g/mol. The first-order valence-corrected chi connectivity index (χ1v) is 8.41. The zero-order chi connectivity index (χ0) is 16.6. The maximum absolute atomic E-state index is 11.9. The standard InChI is InChI=1S/C19H23N3O2/c23-19(15-24-18-4-2-1-3-5-18)21-14-16-8-12-22(13-9-16)17-6-10-20-11-7-17/h1-7,10-11,16H,8-9,12-15H2,(H,21,23). The summed E-state index contributed by atoms with van der Waals surface area (Å²) in [4.78, 5) is 18.3. The first-order chi connectivity index (χ1) is 11.8. The number of pyridine rings is 1. The van der Waals surface area contributed by atoms with Gasteiger partial charge in [0.2, 0.25) is 0 Å². The highest BCUT2D eigenvalue weighted by atomic mass is 16.5. The Kier molecular flexibility index (Phi) is 5.66. The summed E-state index contributed by atoms with van der Waals surface area (Å²) >= 11 is 0. The maximum Gasteiger partial charge on any atom is 0.257 e. The third kappa shape index (κ3) is 4.72. The number of rotatable bonds is 6. The van der Waals surface area contributed by atoms with Crippen molar-refractivity contribution in [1.29, 1.82) is 0 Å². The molecule has 1 aromatic carbocycles. The molecule has 5 heteroatoms. The number of ether oxygens (including phenoxy) is 1. The molecule has 0 bridgehead atoms. The lowest BCUT2D eigenvalue weighted by atomic mass is 9.96. The summed E-state index contributed by atoms with van der Waals surface area (Å²) in [6.07, 6.45) is 5.83. The lowest BCUT2D eigenvalue weighted by Gasteiger charge is -2.33. The van der Waals surface area contributed by atoms with Crippen molar-refractivity contribution in [2.24, 2.45) is 5.92 Å². The molecular formula is C19H23N3O2. The molecule has 1 N–H and O–H groups in total. The molecule has 0 radical (unpaired) electrons. The molecule has 0 spiro atoms. The average Bonchev–Trinajstić information content (AvgIpc) is 2.67. The van der Waals surface area contributed by atoms with Crippen molar-refractivity contribution in [2.45, 2.75) is 12.8 Å². The van der Waals surface area contributed by atoms with Gasteiger partial charge in [-0.2, -0.15) is 0 Å². The molecule has 2 aromatic rings. The largest absolute Gasteiger partial charge is 0.484 e. The molecule has 0 aliphatic carbocycles. The number of hydrogen-bond acceptors (Lipinski definition) is 4. The molecule has 0 atom stereocenters. The minimum atomic E-state index is -0.0598. The number of hydrogen-bond donors (Lipinski definition) is 1. The minimum absolute atomic E-state index is 0.0598. The molecule has 1 aromatic heterocycles. The number of piperidine rings is 1. The van der Waals surface area contributed by atoms with Crippen LogP contribution in [0.15, 0.2) is 54.9 Å². The van der Waals surface area contributed by atoms with Crippen LogP contribution in [0, 0.1) is 5.92 Å². The smallest absolute Gasteiger partial charge is 0.257 e. The molecule has 0 unspecified atom stereocenters. The van der Waals surface area contributed by atoms with Crippen LogP contribution in [0.3, 0.4) is 0 Å². The van der Waals surface area contributed by atoms with Gasteiger partial charge in [0.1, 0.15) is 5.75 Å². The highest BCUT2D eigenvalue weighted by molar-refractivity contribution is 5.77. The molecule has 1 fully saturated rings. The van der Waals surface area contributed by atoms with Crippen molar-refractivity contribution in [2.75, 3.05) is 31.1 Å². The number of aromatic nitrogens is 1. The van der Waals surface area contributed by atoms with Crippen molar-refractivity contribution in [3.05, 3.63) is 54.9 Å². The van der Waals surface area contributed by atoms with E-state index >= 15 is 0 Å². The number of carbonyl (C=O) groups excluding carboxylic acids is 1. The summed E-state index contributed by atoms with van der Waals surface area (Å²) < 4.78 is 5.46. The number of carbonyl (C=O) groups is 1. The Morgan fingerprint density at radius 2 is 1.83 bits per heavy atom. The van der Waals surface area contributed by atoms with Gasteiger partial charge in [0, 0.05) is 37.7 Å². The predicted molar refractivity (Wildman–Crippen MR) is 94.1 cm³/mol. The molecule has 1 aliphatic heterocycles. The monoisotopic (exact) mass is 325 g/mol. The van der Waals surface area contributed by atoms with Crippen LogP contribution in [0.1, 0.15) is 12.8 Å². The van der Waals surface area contributed by atoms with Gasteiger partial charge in [-0.1, -0.05) is 18.2 Å². The van der Waals surface area contributed by atoms with E-state index < -0.39 is 0 Å². The highest BCUT2D eigenvalue weighted by Crippen LogP contribution is 2.22. The first-order valence-electron chi connectivity index (χ1n) is 8.41. The second kappa shape index (κ2) is 8.34. The van der Waals surface area contributed by atoms with Gasteiger partial charge in [-0.15, -0.1) is 0 Å². The topological polar surface area (TPSA) is 54.5 Å². The first kappa shape index (κ1) is 16.3. The van der Waals surface area contributed by atoms with Crippen LogP contribution in [0.5, 0.6) is 5.75 Å². The molecule has 1 amide bonds. The zero-order valence-electron chi connectivity index (χ0n) is 13.7. The number of anilines is 1. The van der Waals surface area contributed by atoms with Crippen LogP contribution < -0.4 is 15.0 Å². The van der Waals surface area contributed by atoms with Gasteiger partial charge in [0.25, 0.3) is 5.91 Å². The van der Waals surface area contributed by atoms with Crippen molar-refractivity contribution in [3.63, 3.8) is 0 Å². The van der Waals surface area contributed by atoms with Gasteiger partial charge in [0.15, 0.2) is 6.61 Å². The molecular weight excluding hydrogens is 302 g/mol. The molecule has 126 valence electrons. The Hall–Kier alpha value is -2.56. The van der Waals surface area contributed by atoms with Gasteiger partial charge in [-0.3, -0.25) is 9.78 Å². The number of nitrogens with one attached hydrogen (secondary N) is 1. The Bertz CT molecular complexity index is 626. The minimum Gasteiger partial charge on any atom is -0.484 e. The van der Waals surface area contributed by atoms with E-state index in [1.54, 1.807) is 0 Å². The van der Waals surface area contributed by atoms with Crippen LogP contribution in [-0.4, -0.2) is 37.1 Å². The number of para-hydroxylation sites is 1. The lowest BCUT2D eigenvalue weighted by molar-refractivity contribution is -0.123. The fourth-order valence-electron chi connectivity index (χ4n) is 2.92. The molecule has 1 saturated heterocycles. The van der Waals surface area contributed by atoms with E-state index in [0.717, 1.165) is 38.2 Å². The quantitative estimate of drug-likeness (QED) is 0.886.